The van der Waals surface area contributed by atoms with Gasteiger partial charge in [0.1, 0.15) is 5.75 Å². The molecule has 8 nitrogen and oxygen atoms in total. The number of rotatable bonds is 10. The zero-order valence-electron chi connectivity index (χ0n) is 19.4. The van der Waals surface area contributed by atoms with Gasteiger partial charge in [-0.15, -0.1) is 0 Å². The summed E-state index contributed by atoms with van der Waals surface area (Å²) >= 11 is 0. The van der Waals surface area contributed by atoms with Gasteiger partial charge in [-0.2, -0.15) is 5.10 Å². The van der Waals surface area contributed by atoms with Crippen LogP contribution < -0.4 is 15.4 Å². The van der Waals surface area contributed by atoms with Gasteiger partial charge in [-0.1, -0.05) is 25.3 Å². The van der Waals surface area contributed by atoms with Crippen molar-refractivity contribution in [2.75, 3.05) is 44.7 Å². The Kier molecular flexibility index (Phi) is 8.60. The minimum atomic E-state index is -0.127. The van der Waals surface area contributed by atoms with Gasteiger partial charge in [0.15, 0.2) is 0 Å². The van der Waals surface area contributed by atoms with Crippen LogP contribution in [0, 0.1) is 11.8 Å². The van der Waals surface area contributed by atoms with E-state index in [0.29, 0.717) is 42.8 Å². The number of H-pyrrole nitrogens is 1. The smallest absolute Gasteiger partial charge is 0.321 e. The molecule has 33 heavy (non-hydrogen) atoms. The van der Waals surface area contributed by atoms with Crippen LogP contribution in [0.1, 0.15) is 44.9 Å². The van der Waals surface area contributed by atoms with Crippen molar-refractivity contribution in [2.24, 2.45) is 11.8 Å². The zero-order valence-corrected chi connectivity index (χ0v) is 19.4. The average molecular weight is 456 g/mol. The Morgan fingerprint density at radius 3 is 2.79 bits per heavy atom. The van der Waals surface area contributed by atoms with E-state index in [4.69, 9.17) is 4.74 Å². The molecule has 1 aromatic heterocycles. The lowest BCUT2D eigenvalue weighted by atomic mass is 9.89. The highest BCUT2D eigenvalue weighted by Crippen LogP contribution is 2.32. The van der Waals surface area contributed by atoms with Gasteiger partial charge in [0, 0.05) is 43.9 Å². The normalized spacial score (nSPS) is 18.9. The number of nitrogens with one attached hydrogen (secondary N) is 3. The number of hydrogen-bond donors (Lipinski definition) is 4. The van der Waals surface area contributed by atoms with Gasteiger partial charge >= 0.3 is 6.03 Å². The third kappa shape index (κ3) is 6.71. The number of aliphatic hydroxyl groups excluding tert-OH is 1. The fraction of sp³-hybridized carbons (Fsp3) is 0.600. The van der Waals surface area contributed by atoms with Crippen LogP contribution in [-0.2, 0) is 0 Å². The van der Waals surface area contributed by atoms with E-state index in [0.717, 1.165) is 37.2 Å². The van der Waals surface area contributed by atoms with E-state index < -0.39 is 0 Å². The number of aromatic nitrogens is 2. The van der Waals surface area contributed by atoms with Crippen molar-refractivity contribution in [3.8, 4) is 16.9 Å². The summed E-state index contributed by atoms with van der Waals surface area (Å²) < 4.78 is 6.23. The highest BCUT2D eigenvalue weighted by atomic mass is 16.5. The molecule has 4 rings (SSSR count). The Hall–Kier alpha value is -2.58. The highest BCUT2D eigenvalue weighted by molar-refractivity contribution is 5.91. The first-order valence-corrected chi connectivity index (χ1v) is 12.4. The molecule has 8 heteroatoms. The summed E-state index contributed by atoms with van der Waals surface area (Å²) in [4.78, 5) is 15.1. The lowest BCUT2D eigenvalue weighted by molar-refractivity contribution is 0.181. The van der Waals surface area contributed by atoms with Crippen LogP contribution in [-0.4, -0.2) is 65.6 Å². The number of ether oxygens (including phenoxy) is 1. The fourth-order valence-electron chi connectivity index (χ4n) is 4.81. The van der Waals surface area contributed by atoms with Gasteiger partial charge in [0.05, 0.1) is 18.5 Å². The predicted molar refractivity (Wildman–Crippen MR) is 129 cm³/mol. The van der Waals surface area contributed by atoms with Crippen molar-refractivity contribution >= 4 is 11.7 Å². The number of nitrogens with zero attached hydrogens (tertiary/aromatic N) is 2. The molecular formula is C25H37N5O3. The largest absolute Gasteiger partial charge is 0.491 e. The zero-order chi connectivity index (χ0) is 22.9. The van der Waals surface area contributed by atoms with Gasteiger partial charge in [0.2, 0.25) is 0 Å². The summed E-state index contributed by atoms with van der Waals surface area (Å²) in [5.41, 5.74) is 2.64. The van der Waals surface area contributed by atoms with E-state index >= 15 is 0 Å². The molecule has 0 spiro atoms. The molecule has 0 radical (unpaired) electrons. The molecule has 4 N–H and O–H groups in total. The van der Waals surface area contributed by atoms with Crippen LogP contribution in [0.5, 0.6) is 5.75 Å². The fourth-order valence-corrected chi connectivity index (χ4v) is 4.81. The molecule has 2 heterocycles. The Bertz CT molecular complexity index is 861. The predicted octanol–water partition coefficient (Wildman–Crippen LogP) is 3.86. The van der Waals surface area contributed by atoms with Gasteiger partial charge in [-0.3, -0.25) is 5.10 Å². The van der Waals surface area contributed by atoms with E-state index in [1.165, 1.54) is 32.1 Å². The van der Waals surface area contributed by atoms with E-state index in [-0.39, 0.29) is 12.6 Å². The standard InChI is InChI=1S/C25H37N5O3/c31-12-4-11-30(17-19-5-2-1-3-6-19)25(32)29-23-8-7-21(22-15-27-28-16-22)13-24(23)33-18-20-9-10-26-14-20/h7-8,13,15-16,19-20,26,31H,1-6,9-12,14,17-18H2,(H,27,28)(H,29,32). The summed E-state index contributed by atoms with van der Waals surface area (Å²) in [5, 5.41) is 22.7. The van der Waals surface area contributed by atoms with Crippen LogP contribution in [0.4, 0.5) is 10.5 Å². The Morgan fingerprint density at radius 1 is 1.18 bits per heavy atom. The lowest BCUT2D eigenvalue weighted by Crippen LogP contribution is -2.40. The van der Waals surface area contributed by atoms with E-state index in [2.05, 4.69) is 20.8 Å². The van der Waals surface area contributed by atoms with Crippen molar-refractivity contribution in [3.63, 3.8) is 0 Å². The molecule has 1 unspecified atom stereocenters. The molecule has 2 fully saturated rings. The number of hydrogen-bond acceptors (Lipinski definition) is 5. The minimum absolute atomic E-state index is 0.0810. The number of urea groups is 1. The van der Waals surface area contributed by atoms with Crippen LogP contribution in [0.25, 0.3) is 11.1 Å². The molecule has 2 aliphatic rings. The molecule has 1 atom stereocenters. The van der Waals surface area contributed by atoms with Crippen molar-refractivity contribution in [1.29, 1.82) is 0 Å². The molecule has 1 aliphatic carbocycles. The quantitative estimate of drug-likeness (QED) is 0.436. The van der Waals surface area contributed by atoms with Crippen LogP contribution in [0.2, 0.25) is 0 Å². The van der Waals surface area contributed by atoms with E-state index in [9.17, 15) is 9.90 Å². The molecule has 1 aliphatic heterocycles. The molecule has 180 valence electrons. The summed E-state index contributed by atoms with van der Waals surface area (Å²) in [6, 6.07) is 5.73. The topological polar surface area (TPSA) is 103 Å². The number of carbonyl (C=O) groups excluding carboxylic acids is 1. The average Bonchev–Trinajstić information content (AvgIpc) is 3.56. The Balaban J connectivity index is 1.48. The first kappa shape index (κ1) is 23.6. The molecule has 0 bridgehead atoms. The third-order valence-electron chi connectivity index (χ3n) is 6.77. The monoisotopic (exact) mass is 455 g/mol. The first-order valence-electron chi connectivity index (χ1n) is 12.4. The summed E-state index contributed by atoms with van der Waals surface area (Å²) in [5.74, 6) is 1.68. The number of aliphatic hydroxyl groups is 1. The maximum Gasteiger partial charge on any atom is 0.321 e. The second-order valence-electron chi connectivity index (χ2n) is 9.33. The maximum absolute atomic E-state index is 13.3. The Morgan fingerprint density at radius 2 is 2.06 bits per heavy atom. The second kappa shape index (κ2) is 12.0. The molecule has 2 amide bonds. The van der Waals surface area contributed by atoms with E-state index in [1.807, 2.05) is 29.3 Å². The summed E-state index contributed by atoms with van der Waals surface area (Å²) in [6.45, 7) is 3.96. The van der Waals surface area contributed by atoms with Gasteiger partial charge in [-0.25, -0.2) is 4.79 Å². The number of benzene rings is 1. The molecule has 1 saturated carbocycles. The van der Waals surface area contributed by atoms with Gasteiger partial charge in [-0.05, 0) is 55.8 Å². The molecule has 2 aromatic rings. The number of carbonyl (C=O) groups is 1. The molecular weight excluding hydrogens is 418 g/mol. The Labute approximate surface area is 196 Å². The highest BCUT2D eigenvalue weighted by Gasteiger charge is 2.22. The van der Waals surface area contributed by atoms with Crippen molar-refractivity contribution < 1.29 is 14.6 Å². The summed E-state index contributed by atoms with van der Waals surface area (Å²) in [6.07, 6.45) is 11.4. The number of amides is 2. The lowest BCUT2D eigenvalue weighted by Gasteiger charge is -2.30. The SMILES string of the molecule is O=C(Nc1ccc(-c2cn[nH]c2)cc1OCC1CCNC1)N(CCCO)CC1CCCCC1. The van der Waals surface area contributed by atoms with Crippen LogP contribution in [0.3, 0.4) is 0 Å². The van der Waals surface area contributed by atoms with Crippen LogP contribution >= 0.6 is 0 Å². The maximum atomic E-state index is 13.3. The number of aromatic amines is 1. The van der Waals surface area contributed by atoms with Crippen LogP contribution in [0.15, 0.2) is 30.6 Å². The summed E-state index contributed by atoms with van der Waals surface area (Å²) in [7, 11) is 0. The number of anilines is 1. The second-order valence-corrected chi connectivity index (χ2v) is 9.33. The van der Waals surface area contributed by atoms with Gasteiger partial charge in [0.25, 0.3) is 0 Å². The molecule has 1 saturated heterocycles. The minimum Gasteiger partial charge on any atom is -0.491 e. The molecule has 1 aromatic carbocycles. The van der Waals surface area contributed by atoms with Crippen molar-refractivity contribution in [1.82, 2.24) is 20.4 Å². The van der Waals surface area contributed by atoms with Crippen molar-refractivity contribution in [3.05, 3.63) is 30.6 Å². The van der Waals surface area contributed by atoms with E-state index in [1.54, 1.807) is 6.20 Å². The van der Waals surface area contributed by atoms with Gasteiger partial charge < -0.3 is 25.4 Å². The first-order chi connectivity index (χ1) is 16.2. The van der Waals surface area contributed by atoms with Crippen molar-refractivity contribution in [2.45, 2.75) is 44.9 Å². The third-order valence-corrected chi connectivity index (χ3v) is 6.77.